The van der Waals surface area contributed by atoms with Gasteiger partial charge in [0.05, 0.1) is 10.6 Å². The van der Waals surface area contributed by atoms with Crippen LogP contribution in [-0.4, -0.2) is 16.5 Å². The molecule has 0 aliphatic heterocycles. The van der Waals surface area contributed by atoms with Crippen molar-refractivity contribution in [3.63, 3.8) is 0 Å². The molecule has 110 valence electrons. The maximum Gasteiger partial charge on any atom is 0.310 e. The third-order valence-corrected chi connectivity index (χ3v) is 2.85. The smallest absolute Gasteiger partial charge is 0.310 e. The molecule has 6 heteroatoms. The Kier molecular flexibility index (Phi) is 4.71. The number of nitrogens with one attached hydrogen (secondary N) is 1. The first kappa shape index (κ1) is 14.8. The van der Waals surface area contributed by atoms with Gasteiger partial charge in [0.1, 0.15) is 12.4 Å². The average Bonchev–Trinajstić information content (AvgIpc) is 2.45. The molecule has 0 aliphatic rings. The summed E-state index contributed by atoms with van der Waals surface area (Å²) < 4.78 is 5.57. The molecule has 1 aromatic heterocycles. The molecule has 0 fully saturated rings. The Morgan fingerprint density at radius 2 is 2.14 bits per heavy atom. The molecule has 21 heavy (non-hydrogen) atoms. The summed E-state index contributed by atoms with van der Waals surface area (Å²) in [6.45, 7) is 4.81. The molecule has 0 saturated heterocycles. The number of ether oxygens (including phenoxy) is 1. The van der Waals surface area contributed by atoms with Gasteiger partial charge >= 0.3 is 5.69 Å². The third-order valence-electron chi connectivity index (χ3n) is 2.85. The van der Waals surface area contributed by atoms with Crippen molar-refractivity contribution in [3.8, 4) is 5.75 Å². The van der Waals surface area contributed by atoms with Gasteiger partial charge in [-0.2, -0.15) is 0 Å². The van der Waals surface area contributed by atoms with Gasteiger partial charge in [-0.3, -0.25) is 10.1 Å². The molecule has 0 unspecified atom stereocenters. The molecule has 0 amide bonds. The van der Waals surface area contributed by atoms with Crippen molar-refractivity contribution < 1.29 is 9.66 Å². The number of nitro groups is 1. The molecule has 0 bridgehead atoms. The van der Waals surface area contributed by atoms with E-state index in [0.29, 0.717) is 5.69 Å². The minimum atomic E-state index is -0.447. The lowest BCUT2D eigenvalue weighted by Gasteiger charge is -2.08. The molecule has 1 N–H and O–H groups in total. The van der Waals surface area contributed by atoms with Crippen LogP contribution >= 0.6 is 0 Å². The number of aryl methyl sites for hydroxylation is 1. The number of nitrogens with zero attached hydrogens (tertiary/aromatic N) is 2. The molecular weight excluding hydrogens is 270 g/mol. The highest BCUT2D eigenvalue weighted by Gasteiger charge is 2.15. The summed E-state index contributed by atoms with van der Waals surface area (Å²) in [7, 11) is 0. The first-order valence-corrected chi connectivity index (χ1v) is 6.68. The highest BCUT2D eigenvalue weighted by molar-refractivity contribution is 5.48. The number of hydrogen-bond donors (Lipinski definition) is 1. The third kappa shape index (κ3) is 3.92. The SMILES string of the molecule is CCNc1cccc(COc2cc(C)ccc2[N+](=O)[O-])n1. The Labute approximate surface area is 122 Å². The van der Waals surface area contributed by atoms with Gasteiger partial charge in [0.15, 0.2) is 5.75 Å². The van der Waals surface area contributed by atoms with Crippen molar-refractivity contribution in [1.82, 2.24) is 4.98 Å². The fourth-order valence-electron chi connectivity index (χ4n) is 1.88. The summed E-state index contributed by atoms with van der Waals surface area (Å²) in [6.07, 6.45) is 0. The Balaban J connectivity index is 2.14. The van der Waals surface area contributed by atoms with Crippen LogP contribution in [0.1, 0.15) is 18.2 Å². The normalized spacial score (nSPS) is 10.2. The van der Waals surface area contributed by atoms with Gasteiger partial charge in [-0.25, -0.2) is 4.98 Å². The average molecular weight is 287 g/mol. The Bertz CT molecular complexity index is 644. The van der Waals surface area contributed by atoms with Gasteiger partial charge in [0, 0.05) is 12.6 Å². The van der Waals surface area contributed by atoms with Gasteiger partial charge in [-0.15, -0.1) is 0 Å². The van der Waals surface area contributed by atoms with E-state index in [0.717, 1.165) is 17.9 Å². The highest BCUT2D eigenvalue weighted by Crippen LogP contribution is 2.28. The summed E-state index contributed by atoms with van der Waals surface area (Å²) >= 11 is 0. The first-order chi connectivity index (χ1) is 10.1. The monoisotopic (exact) mass is 287 g/mol. The van der Waals surface area contributed by atoms with Crippen molar-refractivity contribution in [2.45, 2.75) is 20.5 Å². The zero-order chi connectivity index (χ0) is 15.2. The summed E-state index contributed by atoms with van der Waals surface area (Å²) in [5.41, 5.74) is 1.58. The Morgan fingerprint density at radius 3 is 2.86 bits per heavy atom. The van der Waals surface area contributed by atoms with E-state index in [1.54, 1.807) is 12.1 Å². The van der Waals surface area contributed by atoms with Crippen LogP contribution in [0.2, 0.25) is 0 Å². The summed E-state index contributed by atoms with van der Waals surface area (Å²) in [6, 6.07) is 10.4. The van der Waals surface area contributed by atoms with E-state index in [1.807, 2.05) is 32.0 Å². The number of anilines is 1. The minimum absolute atomic E-state index is 0.0385. The molecule has 6 nitrogen and oxygen atoms in total. The van der Waals surface area contributed by atoms with E-state index >= 15 is 0 Å². The zero-order valence-corrected chi connectivity index (χ0v) is 12.0. The summed E-state index contributed by atoms with van der Waals surface area (Å²) in [5, 5.41) is 14.1. The fourth-order valence-corrected chi connectivity index (χ4v) is 1.88. The molecular formula is C15H17N3O3. The van der Waals surface area contributed by atoms with Gasteiger partial charge in [-0.1, -0.05) is 12.1 Å². The number of nitro benzene ring substituents is 1. The predicted octanol–water partition coefficient (Wildman–Crippen LogP) is 3.31. The van der Waals surface area contributed by atoms with Crippen LogP contribution in [0.4, 0.5) is 11.5 Å². The van der Waals surface area contributed by atoms with E-state index in [4.69, 9.17) is 4.74 Å². The number of rotatable bonds is 6. The molecule has 0 atom stereocenters. The lowest BCUT2D eigenvalue weighted by molar-refractivity contribution is -0.386. The van der Waals surface area contributed by atoms with Crippen LogP contribution in [0.15, 0.2) is 36.4 Å². The Morgan fingerprint density at radius 1 is 1.33 bits per heavy atom. The van der Waals surface area contributed by atoms with Gasteiger partial charge < -0.3 is 10.1 Å². The molecule has 0 saturated carbocycles. The topological polar surface area (TPSA) is 77.3 Å². The van der Waals surface area contributed by atoms with E-state index in [9.17, 15) is 10.1 Å². The van der Waals surface area contributed by atoms with Crippen LogP contribution in [-0.2, 0) is 6.61 Å². The van der Waals surface area contributed by atoms with E-state index < -0.39 is 4.92 Å². The summed E-state index contributed by atoms with van der Waals surface area (Å²) in [4.78, 5) is 14.9. The predicted molar refractivity (Wildman–Crippen MR) is 80.6 cm³/mol. The maximum absolute atomic E-state index is 11.0. The van der Waals surface area contributed by atoms with Gasteiger partial charge in [0.2, 0.25) is 0 Å². The van der Waals surface area contributed by atoms with E-state index in [-0.39, 0.29) is 18.0 Å². The maximum atomic E-state index is 11.0. The lowest BCUT2D eigenvalue weighted by Crippen LogP contribution is -2.04. The van der Waals surface area contributed by atoms with Crippen LogP contribution < -0.4 is 10.1 Å². The first-order valence-electron chi connectivity index (χ1n) is 6.68. The number of aromatic nitrogens is 1. The highest BCUT2D eigenvalue weighted by atomic mass is 16.6. The van der Waals surface area contributed by atoms with Gasteiger partial charge in [-0.05, 0) is 37.6 Å². The lowest BCUT2D eigenvalue weighted by atomic mass is 10.2. The van der Waals surface area contributed by atoms with Gasteiger partial charge in [0.25, 0.3) is 0 Å². The molecule has 2 rings (SSSR count). The second-order valence-corrected chi connectivity index (χ2v) is 4.56. The van der Waals surface area contributed by atoms with Crippen LogP contribution in [0, 0.1) is 17.0 Å². The molecule has 2 aromatic rings. The van der Waals surface area contributed by atoms with Crippen LogP contribution in [0.25, 0.3) is 0 Å². The second-order valence-electron chi connectivity index (χ2n) is 4.56. The second kappa shape index (κ2) is 6.69. The summed E-state index contributed by atoms with van der Waals surface area (Å²) in [5.74, 6) is 1.02. The number of pyridine rings is 1. The molecule has 0 aliphatic carbocycles. The minimum Gasteiger partial charge on any atom is -0.480 e. The fraction of sp³-hybridized carbons (Fsp3) is 0.267. The van der Waals surface area contributed by atoms with Crippen LogP contribution in [0.3, 0.4) is 0 Å². The van der Waals surface area contributed by atoms with Crippen molar-refractivity contribution >= 4 is 11.5 Å². The molecule has 0 spiro atoms. The van der Waals surface area contributed by atoms with E-state index in [1.165, 1.54) is 6.07 Å². The Hall–Kier alpha value is -2.63. The number of hydrogen-bond acceptors (Lipinski definition) is 5. The standard InChI is InChI=1S/C15H17N3O3/c1-3-16-15-6-4-5-12(17-15)10-21-14-9-11(2)7-8-13(14)18(19)20/h4-9H,3,10H2,1-2H3,(H,16,17). The largest absolute Gasteiger partial charge is 0.480 e. The van der Waals surface area contributed by atoms with Crippen molar-refractivity contribution in [2.24, 2.45) is 0 Å². The van der Waals surface area contributed by atoms with Crippen molar-refractivity contribution in [3.05, 3.63) is 57.8 Å². The zero-order valence-electron chi connectivity index (χ0n) is 12.0. The number of benzene rings is 1. The molecule has 1 aromatic carbocycles. The molecule has 1 heterocycles. The van der Waals surface area contributed by atoms with Crippen molar-refractivity contribution in [2.75, 3.05) is 11.9 Å². The quantitative estimate of drug-likeness (QED) is 0.651. The molecule has 0 radical (unpaired) electrons. The van der Waals surface area contributed by atoms with Crippen molar-refractivity contribution in [1.29, 1.82) is 0 Å². The van der Waals surface area contributed by atoms with Crippen LogP contribution in [0.5, 0.6) is 5.75 Å². The van der Waals surface area contributed by atoms with E-state index in [2.05, 4.69) is 10.3 Å².